The molecule has 2 N–H and O–H groups in total. The van der Waals surface area contributed by atoms with Gasteiger partial charge in [0, 0.05) is 22.7 Å². The maximum Gasteiger partial charge on any atom is 0.0961 e. The minimum atomic E-state index is 0.478. The van der Waals surface area contributed by atoms with Crippen LogP contribution in [0.3, 0.4) is 0 Å². The number of hydrogen-bond donors (Lipinski definition) is 2. The van der Waals surface area contributed by atoms with Crippen LogP contribution in [-0.2, 0) is 0 Å². The molecule has 0 saturated carbocycles. The van der Waals surface area contributed by atoms with E-state index in [2.05, 4.69) is 47.2 Å². The van der Waals surface area contributed by atoms with E-state index >= 15 is 0 Å². The van der Waals surface area contributed by atoms with Crippen molar-refractivity contribution in [1.29, 1.82) is 0 Å². The molecule has 0 fully saturated rings. The fraction of sp³-hybridized carbons (Fsp3) is 0.250. The first-order valence-electron chi connectivity index (χ1n) is 5.21. The zero-order chi connectivity index (χ0) is 10.4. The van der Waals surface area contributed by atoms with Crippen LogP contribution in [0.15, 0.2) is 24.4 Å². The summed E-state index contributed by atoms with van der Waals surface area (Å²) in [6.07, 6.45) is 1.96. The van der Waals surface area contributed by atoms with Crippen molar-refractivity contribution in [3.05, 3.63) is 30.1 Å². The minimum absolute atomic E-state index is 0.478. The first kappa shape index (κ1) is 8.53. The van der Waals surface area contributed by atoms with Crippen LogP contribution < -0.4 is 0 Å². The third kappa shape index (κ3) is 1.16. The topological polar surface area (TPSA) is 44.5 Å². The first-order valence-corrected chi connectivity index (χ1v) is 5.21. The van der Waals surface area contributed by atoms with Gasteiger partial charge in [0.25, 0.3) is 0 Å². The first-order chi connectivity index (χ1) is 7.25. The minimum Gasteiger partial charge on any atom is -0.307 e. The molecule has 0 amide bonds. The zero-order valence-electron chi connectivity index (χ0n) is 8.83. The zero-order valence-corrected chi connectivity index (χ0v) is 8.83. The molecule has 3 aromatic rings. The highest BCUT2D eigenvalue weighted by Gasteiger charge is 2.09. The van der Waals surface area contributed by atoms with Gasteiger partial charge >= 0.3 is 0 Å². The van der Waals surface area contributed by atoms with Crippen molar-refractivity contribution in [2.75, 3.05) is 0 Å². The summed E-state index contributed by atoms with van der Waals surface area (Å²) in [5, 5.41) is 8.52. The predicted octanol–water partition coefficient (Wildman–Crippen LogP) is 3.17. The van der Waals surface area contributed by atoms with Gasteiger partial charge in [-0.3, -0.25) is 10.1 Å². The van der Waals surface area contributed by atoms with Crippen molar-refractivity contribution in [2.45, 2.75) is 19.8 Å². The summed E-state index contributed by atoms with van der Waals surface area (Å²) in [6, 6.07) is 6.40. The van der Waals surface area contributed by atoms with Crippen molar-refractivity contribution < 1.29 is 0 Å². The van der Waals surface area contributed by atoms with Gasteiger partial charge in [-0.1, -0.05) is 26.0 Å². The fourth-order valence-corrected chi connectivity index (χ4v) is 1.91. The van der Waals surface area contributed by atoms with Crippen LogP contribution in [0.4, 0.5) is 0 Å². The molecule has 0 aliphatic heterocycles. The van der Waals surface area contributed by atoms with Crippen LogP contribution in [0.2, 0.25) is 0 Å². The van der Waals surface area contributed by atoms with E-state index in [9.17, 15) is 0 Å². The van der Waals surface area contributed by atoms with Gasteiger partial charge in [0.2, 0.25) is 0 Å². The second kappa shape index (κ2) is 2.86. The summed E-state index contributed by atoms with van der Waals surface area (Å²) in [6.45, 7) is 4.33. The van der Waals surface area contributed by atoms with Gasteiger partial charge in [0.05, 0.1) is 11.0 Å². The van der Waals surface area contributed by atoms with E-state index in [4.69, 9.17) is 0 Å². The van der Waals surface area contributed by atoms with Crippen LogP contribution in [-0.4, -0.2) is 15.2 Å². The monoisotopic (exact) mass is 199 g/mol. The number of aromatic nitrogens is 3. The predicted molar refractivity (Wildman–Crippen MR) is 62.0 cm³/mol. The molecule has 3 nitrogen and oxygen atoms in total. The SMILES string of the molecule is CC(C)c1cc2ccc3c[nH][nH]c3c2n1. The Bertz CT molecular complexity index is 616. The van der Waals surface area contributed by atoms with Gasteiger partial charge in [-0.25, -0.2) is 0 Å². The Hall–Kier alpha value is -1.77. The Kier molecular flexibility index (Phi) is 1.63. The lowest BCUT2D eigenvalue weighted by molar-refractivity contribution is 0.837. The standard InChI is InChI=1S/C12H13N3/c1-7(2)10-5-8-3-4-9-6-13-15-12(9)11(8)14-10/h3-7,13,15H,1-2H3. The number of fused-ring (bicyclic) bond motifs is 3. The average molecular weight is 199 g/mol. The number of benzene rings is 1. The number of nitrogens with one attached hydrogen (secondary N) is 2. The highest BCUT2D eigenvalue weighted by atomic mass is 15.1. The molecule has 2 heterocycles. The molecule has 3 rings (SSSR count). The van der Waals surface area contributed by atoms with E-state index < -0.39 is 0 Å². The van der Waals surface area contributed by atoms with E-state index in [1.54, 1.807) is 0 Å². The summed E-state index contributed by atoms with van der Waals surface area (Å²) in [5.74, 6) is 0.478. The van der Waals surface area contributed by atoms with E-state index in [0.717, 1.165) is 16.7 Å². The molecule has 0 radical (unpaired) electrons. The van der Waals surface area contributed by atoms with Crippen LogP contribution >= 0.6 is 0 Å². The Morgan fingerprint density at radius 1 is 1.20 bits per heavy atom. The quantitative estimate of drug-likeness (QED) is 0.621. The van der Waals surface area contributed by atoms with Crippen molar-refractivity contribution in [1.82, 2.24) is 15.2 Å². The number of nitrogens with zero attached hydrogens (tertiary/aromatic N) is 1. The third-order valence-electron chi connectivity index (χ3n) is 2.80. The smallest absolute Gasteiger partial charge is 0.0961 e. The van der Waals surface area contributed by atoms with E-state index in [1.807, 2.05) is 6.20 Å². The van der Waals surface area contributed by atoms with Crippen LogP contribution in [0, 0.1) is 0 Å². The summed E-state index contributed by atoms with van der Waals surface area (Å²) in [5.41, 5.74) is 3.32. The molecular weight excluding hydrogens is 186 g/mol. The second-order valence-corrected chi connectivity index (χ2v) is 4.22. The van der Waals surface area contributed by atoms with E-state index in [0.29, 0.717) is 5.92 Å². The molecule has 0 spiro atoms. The Balaban J connectivity index is 2.41. The molecule has 0 bridgehead atoms. The lowest BCUT2D eigenvalue weighted by atomic mass is 10.1. The third-order valence-corrected chi connectivity index (χ3v) is 2.80. The Morgan fingerprint density at radius 3 is 2.80 bits per heavy atom. The van der Waals surface area contributed by atoms with Gasteiger partial charge in [0.1, 0.15) is 0 Å². The number of rotatable bonds is 1. The highest BCUT2D eigenvalue weighted by Crippen LogP contribution is 2.26. The van der Waals surface area contributed by atoms with Crippen LogP contribution in [0.1, 0.15) is 25.5 Å². The van der Waals surface area contributed by atoms with E-state index in [-0.39, 0.29) is 0 Å². The molecule has 0 aliphatic rings. The maximum atomic E-state index is 4.66. The Morgan fingerprint density at radius 2 is 2.00 bits per heavy atom. The van der Waals surface area contributed by atoms with Crippen molar-refractivity contribution >= 4 is 21.8 Å². The van der Waals surface area contributed by atoms with Crippen molar-refractivity contribution in [2.24, 2.45) is 0 Å². The summed E-state index contributed by atoms with van der Waals surface area (Å²) in [4.78, 5) is 4.66. The Labute approximate surface area is 87.5 Å². The van der Waals surface area contributed by atoms with Gasteiger partial charge < -0.3 is 5.10 Å². The number of aromatic amines is 2. The number of hydrogen-bond acceptors (Lipinski definition) is 1. The molecule has 0 saturated heterocycles. The van der Waals surface area contributed by atoms with Crippen molar-refractivity contribution in [3.8, 4) is 0 Å². The number of H-pyrrole nitrogens is 2. The normalized spacial score (nSPS) is 11.9. The van der Waals surface area contributed by atoms with Gasteiger partial charge in [-0.15, -0.1) is 0 Å². The lowest BCUT2D eigenvalue weighted by Gasteiger charge is -1.95. The molecule has 3 heteroatoms. The van der Waals surface area contributed by atoms with Crippen LogP contribution in [0.5, 0.6) is 0 Å². The van der Waals surface area contributed by atoms with Gasteiger partial charge in [-0.2, -0.15) is 0 Å². The lowest BCUT2D eigenvalue weighted by Crippen LogP contribution is -1.85. The molecule has 15 heavy (non-hydrogen) atoms. The molecule has 1 aromatic carbocycles. The van der Waals surface area contributed by atoms with Gasteiger partial charge in [0.15, 0.2) is 0 Å². The molecule has 76 valence electrons. The molecular formula is C12H13N3. The maximum absolute atomic E-state index is 4.66. The van der Waals surface area contributed by atoms with E-state index in [1.165, 1.54) is 10.8 Å². The summed E-state index contributed by atoms with van der Waals surface area (Å²) in [7, 11) is 0. The van der Waals surface area contributed by atoms with Crippen molar-refractivity contribution in [3.63, 3.8) is 0 Å². The molecule has 2 aromatic heterocycles. The summed E-state index contributed by atoms with van der Waals surface area (Å²) >= 11 is 0. The second-order valence-electron chi connectivity index (χ2n) is 4.22. The largest absolute Gasteiger partial charge is 0.307 e. The molecule has 0 unspecified atom stereocenters. The average Bonchev–Trinajstić information content (AvgIpc) is 2.82. The van der Waals surface area contributed by atoms with Crippen LogP contribution in [0.25, 0.3) is 21.8 Å². The van der Waals surface area contributed by atoms with Gasteiger partial charge in [-0.05, 0) is 12.0 Å². The summed E-state index contributed by atoms with van der Waals surface area (Å²) < 4.78 is 0. The molecule has 0 atom stereocenters. The molecule has 0 aliphatic carbocycles. The fourth-order valence-electron chi connectivity index (χ4n) is 1.91. The highest BCUT2D eigenvalue weighted by molar-refractivity contribution is 6.03.